The molecule has 0 bridgehead atoms. The lowest BCUT2D eigenvalue weighted by Gasteiger charge is -2.16. The highest BCUT2D eigenvalue weighted by molar-refractivity contribution is 5.59. The molecule has 4 heteroatoms. The predicted molar refractivity (Wildman–Crippen MR) is 83.6 cm³/mol. The molecule has 20 heavy (non-hydrogen) atoms. The third-order valence-electron chi connectivity index (χ3n) is 3.18. The van der Waals surface area contributed by atoms with Crippen molar-refractivity contribution in [1.82, 2.24) is 4.98 Å². The minimum Gasteiger partial charge on any atom is -0.481 e. The highest BCUT2D eigenvalue weighted by atomic mass is 16.5. The molecule has 0 aliphatic carbocycles. The largest absolute Gasteiger partial charge is 0.481 e. The standard InChI is InChI=1S/C16H21N3O/c1-12-10-14(19(2)3)8-9-15(12)17-11-13-6-5-7-16(18-13)20-4/h5-10,17H,11H2,1-4H3. The number of pyridine rings is 1. The Morgan fingerprint density at radius 2 is 2.00 bits per heavy atom. The molecule has 106 valence electrons. The average molecular weight is 271 g/mol. The van der Waals surface area contributed by atoms with Crippen LogP contribution in [-0.4, -0.2) is 26.2 Å². The Hall–Kier alpha value is -2.23. The zero-order chi connectivity index (χ0) is 14.5. The fourth-order valence-electron chi connectivity index (χ4n) is 1.98. The number of aryl methyl sites for hydroxylation is 1. The number of aromatic nitrogens is 1. The van der Waals surface area contributed by atoms with Crippen LogP contribution in [-0.2, 0) is 6.54 Å². The van der Waals surface area contributed by atoms with E-state index in [0.717, 1.165) is 11.4 Å². The zero-order valence-electron chi connectivity index (χ0n) is 12.5. The summed E-state index contributed by atoms with van der Waals surface area (Å²) in [7, 11) is 5.72. The lowest BCUT2D eigenvalue weighted by atomic mass is 10.1. The molecular weight excluding hydrogens is 250 g/mol. The summed E-state index contributed by atoms with van der Waals surface area (Å²) in [5, 5.41) is 3.41. The molecule has 0 amide bonds. The van der Waals surface area contributed by atoms with E-state index in [4.69, 9.17) is 4.74 Å². The summed E-state index contributed by atoms with van der Waals surface area (Å²) >= 11 is 0. The normalized spacial score (nSPS) is 10.2. The van der Waals surface area contributed by atoms with Crippen molar-refractivity contribution in [2.75, 3.05) is 31.4 Å². The van der Waals surface area contributed by atoms with Crippen LogP contribution in [0.5, 0.6) is 5.88 Å². The molecule has 2 aromatic rings. The molecule has 0 saturated carbocycles. The molecule has 1 aromatic carbocycles. The van der Waals surface area contributed by atoms with E-state index < -0.39 is 0 Å². The molecule has 0 radical (unpaired) electrons. The van der Waals surface area contributed by atoms with Crippen LogP contribution in [0.2, 0.25) is 0 Å². The van der Waals surface area contributed by atoms with E-state index in [9.17, 15) is 0 Å². The number of anilines is 2. The van der Waals surface area contributed by atoms with Crippen LogP contribution >= 0.6 is 0 Å². The van der Waals surface area contributed by atoms with Gasteiger partial charge in [-0.2, -0.15) is 0 Å². The summed E-state index contributed by atoms with van der Waals surface area (Å²) in [5.41, 5.74) is 4.51. The van der Waals surface area contributed by atoms with Gasteiger partial charge in [-0.15, -0.1) is 0 Å². The Morgan fingerprint density at radius 1 is 1.20 bits per heavy atom. The molecule has 4 nitrogen and oxygen atoms in total. The third kappa shape index (κ3) is 3.41. The number of benzene rings is 1. The van der Waals surface area contributed by atoms with Crippen molar-refractivity contribution in [3.8, 4) is 5.88 Å². The summed E-state index contributed by atoms with van der Waals surface area (Å²) in [6, 6.07) is 12.2. The highest BCUT2D eigenvalue weighted by Gasteiger charge is 2.03. The first-order chi connectivity index (χ1) is 9.60. The Labute approximate surface area is 120 Å². The maximum absolute atomic E-state index is 5.13. The maximum atomic E-state index is 5.13. The molecule has 0 fully saturated rings. The Kier molecular flexibility index (Phi) is 4.45. The highest BCUT2D eigenvalue weighted by Crippen LogP contribution is 2.21. The van der Waals surface area contributed by atoms with Crippen molar-refractivity contribution < 1.29 is 4.74 Å². The van der Waals surface area contributed by atoms with Gasteiger partial charge in [-0.1, -0.05) is 6.07 Å². The smallest absolute Gasteiger partial charge is 0.213 e. The monoisotopic (exact) mass is 271 g/mol. The van der Waals surface area contributed by atoms with E-state index in [0.29, 0.717) is 12.4 Å². The van der Waals surface area contributed by atoms with Crippen molar-refractivity contribution in [3.63, 3.8) is 0 Å². The molecule has 0 atom stereocenters. The van der Waals surface area contributed by atoms with Gasteiger partial charge in [0.05, 0.1) is 19.3 Å². The molecule has 0 aliphatic rings. The number of ether oxygens (including phenoxy) is 1. The van der Waals surface area contributed by atoms with Crippen LogP contribution in [0.4, 0.5) is 11.4 Å². The van der Waals surface area contributed by atoms with Crippen molar-refractivity contribution >= 4 is 11.4 Å². The topological polar surface area (TPSA) is 37.4 Å². The summed E-state index contributed by atoms with van der Waals surface area (Å²) in [6.07, 6.45) is 0. The predicted octanol–water partition coefficient (Wildman–Crippen LogP) is 3.08. The van der Waals surface area contributed by atoms with Crippen LogP contribution in [0.15, 0.2) is 36.4 Å². The minimum atomic E-state index is 0.643. The van der Waals surface area contributed by atoms with E-state index in [1.165, 1.54) is 11.3 Å². The molecule has 1 heterocycles. The minimum absolute atomic E-state index is 0.643. The molecule has 2 rings (SSSR count). The van der Waals surface area contributed by atoms with Crippen LogP contribution in [0.25, 0.3) is 0 Å². The van der Waals surface area contributed by atoms with Gasteiger partial charge >= 0.3 is 0 Å². The van der Waals surface area contributed by atoms with Gasteiger partial charge in [0, 0.05) is 31.5 Å². The molecule has 0 spiro atoms. The lowest BCUT2D eigenvalue weighted by molar-refractivity contribution is 0.396. The number of hydrogen-bond acceptors (Lipinski definition) is 4. The molecule has 1 aromatic heterocycles. The molecule has 0 saturated heterocycles. The third-order valence-corrected chi connectivity index (χ3v) is 3.18. The fourth-order valence-corrected chi connectivity index (χ4v) is 1.98. The summed E-state index contributed by atoms with van der Waals surface area (Å²) in [6.45, 7) is 2.79. The average Bonchev–Trinajstić information content (AvgIpc) is 2.46. The summed E-state index contributed by atoms with van der Waals surface area (Å²) < 4.78 is 5.13. The van der Waals surface area contributed by atoms with E-state index in [-0.39, 0.29) is 0 Å². The molecule has 0 unspecified atom stereocenters. The fraction of sp³-hybridized carbons (Fsp3) is 0.312. The first-order valence-corrected chi connectivity index (χ1v) is 6.62. The number of rotatable bonds is 5. The second kappa shape index (κ2) is 6.28. The van der Waals surface area contributed by atoms with Crippen LogP contribution < -0.4 is 15.0 Å². The summed E-state index contributed by atoms with van der Waals surface area (Å²) in [4.78, 5) is 6.49. The second-order valence-electron chi connectivity index (χ2n) is 4.92. The Bertz CT molecular complexity index is 582. The maximum Gasteiger partial charge on any atom is 0.213 e. The lowest BCUT2D eigenvalue weighted by Crippen LogP contribution is -2.09. The van der Waals surface area contributed by atoms with Gasteiger partial charge in [0.15, 0.2) is 0 Å². The van der Waals surface area contributed by atoms with Crippen molar-refractivity contribution in [2.45, 2.75) is 13.5 Å². The first-order valence-electron chi connectivity index (χ1n) is 6.62. The van der Waals surface area contributed by atoms with Crippen LogP contribution in [0.1, 0.15) is 11.3 Å². The Morgan fingerprint density at radius 3 is 2.65 bits per heavy atom. The van der Waals surface area contributed by atoms with E-state index >= 15 is 0 Å². The zero-order valence-corrected chi connectivity index (χ0v) is 12.5. The number of nitrogens with one attached hydrogen (secondary N) is 1. The number of nitrogens with zero attached hydrogens (tertiary/aromatic N) is 2. The molecular formula is C16H21N3O. The van der Waals surface area contributed by atoms with Gasteiger partial charge in [0.1, 0.15) is 0 Å². The van der Waals surface area contributed by atoms with Crippen molar-refractivity contribution in [2.24, 2.45) is 0 Å². The summed E-state index contributed by atoms with van der Waals surface area (Å²) in [5.74, 6) is 0.643. The van der Waals surface area contributed by atoms with Gasteiger partial charge in [-0.3, -0.25) is 0 Å². The van der Waals surface area contributed by atoms with Gasteiger partial charge in [0.2, 0.25) is 5.88 Å². The van der Waals surface area contributed by atoms with Gasteiger partial charge in [0.25, 0.3) is 0 Å². The van der Waals surface area contributed by atoms with Crippen LogP contribution in [0, 0.1) is 6.92 Å². The van der Waals surface area contributed by atoms with E-state index in [1.54, 1.807) is 7.11 Å². The number of hydrogen-bond donors (Lipinski definition) is 1. The van der Waals surface area contributed by atoms with E-state index in [2.05, 4.69) is 40.3 Å². The van der Waals surface area contributed by atoms with E-state index in [1.807, 2.05) is 32.3 Å². The van der Waals surface area contributed by atoms with Crippen molar-refractivity contribution in [1.29, 1.82) is 0 Å². The number of methoxy groups -OCH3 is 1. The van der Waals surface area contributed by atoms with Gasteiger partial charge < -0.3 is 15.0 Å². The second-order valence-corrected chi connectivity index (χ2v) is 4.92. The Balaban J connectivity index is 2.07. The van der Waals surface area contributed by atoms with Crippen molar-refractivity contribution in [3.05, 3.63) is 47.7 Å². The van der Waals surface area contributed by atoms with Gasteiger partial charge in [-0.05, 0) is 36.8 Å². The van der Waals surface area contributed by atoms with Gasteiger partial charge in [-0.25, -0.2) is 4.98 Å². The first kappa shape index (κ1) is 14.2. The molecule has 0 aliphatic heterocycles. The quantitative estimate of drug-likeness (QED) is 0.907. The SMILES string of the molecule is COc1cccc(CNc2ccc(N(C)C)cc2C)n1. The molecule has 1 N–H and O–H groups in total. The van der Waals surface area contributed by atoms with Crippen LogP contribution in [0.3, 0.4) is 0 Å².